The standard InChI is InChI=1S/C15H23N5O/c1-10-19-13-6-5-11(8-14(13)20-10)9-18-15(21)12(17)4-2-3-7-16/h5-6,8,12H,2-4,7,9,16-17H2,1H3,(H,18,21)(H,19,20)/t12-/m0/s1. The van der Waals surface area contributed by atoms with Gasteiger partial charge in [0.1, 0.15) is 5.82 Å². The number of H-pyrrole nitrogens is 1. The van der Waals surface area contributed by atoms with Gasteiger partial charge < -0.3 is 21.8 Å². The van der Waals surface area contributed by atoms with Gasteiger partial charge in [-0.1, -0.05) is 12.5 Å². The molecule has 114 valence electrons. The number of nitrogens with one attached hydrogen (secondary N) is 2. The lowest BCUT2D eigenvalue weighted by Gasteiger charge is -2.12. The van der Waals surface area contributed by atoms with Crippen molar-refractivity contribution in [3.8, 4) is 0 Å². The zero-order valence-corrected chi connectivity index (χ0v) is 12.4. The highest BCUT2D eigenvalue weighted by atomic mass is 16.2. The van der Waals surface area contributed by atoms with Crippen molar-refractivity contribution in [1.29, 1.82) is 0 Å². The summed E-state index contributed by atoms with van der Waals surface area (Å²) in [6.07, 6.45) is 2.45. The van der Waals surface area contributed by atoms with Crippen molar-refractivity contribution in [2.24, 2.45) is 11.5 Å². The third-order valence-corrected chi connectivity index (χ3v) is 3.44. The third kappa shape index (κ3) is 4.27. The maximum atomic E-state index is 11.9. The van der Waals surface area contributed by atoms with Crippen molar-refractivity contribution in [3.63, 3.8) is 0 Å². The van der Waals surface area contributed by atoms with Crippen molar-refractivity contribution < 1.29 is 4.79 Å². The Kier molecular flexibility index (Phi) is 5.30. The first kappa shape index (κ1) is 15.5. The zero-order valence-electron chi connectivity index (χ0n) is 12.4. The number of nitrogens with zero attached hydrogens (tertiary/aromatic N) is 1. The highest BCUT2D eigenvalue weighted by Crippen LogP contribution is 2.13. The molecular formula is C15H23N5O. The van der Waals surface area contributed by atoms with Gasteiger partial charge in [-0.15, -0.1) is 0 Å². The summed E-state index contributed by atoms with van der Waals surface area (Å²) in [7, 11) is 0. The number of hydrogen-bond donors (Lipinski definition) is 4. The molecule has 1 atom stereocenters. The number of rotatable bonds is 7. The van der Waals surface area contributed by atoms with E-state index < -0.39 is 6.04 Å². The summed E-state index contributed by atoms with van der Waals surface area (Å²) >= 11 is 0. The van der Waals surface area contributed by atoms with Gasteiger partial charge in [-0.2, -0.15) is 0 Å². The zero-order chi connectivity index (χ0) is 15.2. The fourth-order valence-corrected chi connectivity index (χ4v) is 2.25. The van der Waals surface area contributed by atoms with E-state index in [1.807, 2.05) is 25.1 Å². The van der Waals surface area contributed by atoms with Crippen LogP contribution in [-0.4, -0.2) is 28.5 Å². The quantitative estimate of drug-likeness (QED) is 0.569. The molecule has 0 aliphatic rings. The van der Waals surface area contributed by atoms with Gasteiger partial charge in [0.15, 0.2) is 0 Å². The monoisotopic (exact) mass is 289 g/mol. The fourth-order valence-electron chi connectivity index (χ4n) is 2.25. The molecule has 1 heterocycles. The molecule has 6 N–H and O–H groups in total. The molecule has 0 bridgehead atoms. The van der Waals surface area contributed by atoms with Crippen molar-refractivity contribution in [2.75, 3.05) is 6.54 Å². The summed E-state index contributed by atoms with van der Waals surface area (Å²) in [5.74, 6) is 0.765. The lowest BCUT2D eigenvalue weighted by atomic mass is 10.1. The molecule has 0 spiro atoms. The Morgan fingerprint density at radius 1 is 1.43 bits per heavy atom. The van der Waals surface area contributed by atoms with Gasteiger partial charge in [0, 0.05) is 6.54 Å². The van der Waals surface area contributed by atoms with E-state index in [0.717, 1.165) is 35.3 Å². The van der Waals surface area contributed by atoms with E-state index in [4.69, 9.17) is 11.5 Å². The van der Waals surface area contributed by atoms with Crippen LogP contribution in [0.5, 0.6) is 0 Å². The molecule has 0 fully saturated rings. The smallest absolute Gasteiger partial charge is 0.237 e. The largest absolute Gasteiger partial charge is 0.351 e. The maximum absolute atomic E-state index is 11.9. The summed E-state index contributed by atoms with van der Waals surface area (Å²) in [6, 6.07) is 5.44. The van der Waals surface area contributed by atoms with Crippen LogP contribution in [0.2, 0.25) is 0 Å². The number of aryl methyl sites for hydroxylation is 1. The van der Waals surface area contributed by atoms with E-state index in [1.54, 1.807) is 0 Å². The Bertz CT molecular complexity index is 607. The number of unbranched alkanes of at least 4 members (excludes halogenated alkanes) is 1. The Labute approximate surface area is 124 Å². The first-order valence-electron chi connectivity index (χ1n) is 7.28. The third-order valence-electron chi connectivity index (χ3n) is 3.44. The minimum atomic E-state index is -0.463. The maximum Gasteiger partial charge on any atom is 0.237 e. The first-order valence-corrected chi connectivity index (χ1v) is 7.28. The van der Waals surface area contributed by atoms with E-state index >= 15 is 0 Å². The predicted molar refractivity (Wildman–Crippen MR) is 83.6 cm³/mol. The normalized spacial score (nSPS) is 12.5. The lowest BCUT2D eigenvalue weighted by molar-refractivity contribution is -0.122. The predicted octanol–water partition coefficient (Wildman–Crippen LogP) is 0.944. The molecule has 0 aliphatic heterocycles. The summed E-state index contributed by atoms with van der Waals surface area (Å²) < 4.78 is 0. The average Bonchev–Trinajstić information content (AvgIpc) is 2.84. The van der Waals surface area contributed by atoms with Gasteiger partial charge in [0.05, 0.1) is 17.1 Å². The van der Waals surface area contributed by atoms with Crippen molar-refractivity contribution >= 4 is 16.9 Å². The second-order valence-corrected chi connectivity index (χ2v) is 5.28. The number of fused-ring (bicyclic) bond motifs is 1. The van der Waals surface area contributed by atoms with Gasteiger partial charge in [-0.05, 0) is 44.0 Å². The number of aromatic amines is 1. The van der Waals surface area contributed by atoms with E-state index in [1.165, 1.54) is 0 Å². The number of hydrogen-bond acceptors (Lipinski definition) is 4. The molecule has 21 heavy (non-hydrogen) atoms. The number of benzene rings is 1. The lowest BCUT2D eigenvalue weighted by Crippen LogP contribution is -2.40. The van der Waals surface area contributed by atoms with Crippen LogP contribution in [0.1, 0.15) is 30.7 Å². The van der Waals surface area contributed by atoms with Gasteiger partial charge in [-0.25, -0.2) is 4.98 Å². The van der Waals surface area contributed by atoms with Crippen molar-refractivity contribution in [3.05, 3.63) is 29.6 Å². The topological polar surface area (TPSA) is 110 Å². The number of carbonyl (C=O) groups excluding carboxylic acids is 1. The van der Waals surface area contributed by atoms with Crippen LogP contribution >= 0.6 is 0 Å². The molecule has 0 radical (unpaired) electrons. The highest BCUT2D eigenvalue weighted by molar-refractivity contribution is 5.81. The van der Waals surface area contributed by atoms with Crippen LogP contribution < -0.4 is 16.8 Å². The Balaban J connectivity index is 1.87. The van der Waals surface area contributed by atoms with Crippen LogP contribution in [-0.2, 0) is 11.3 Å². The molecule has 1 amide bonds. The van der Waals surface area contributed by atoms with E-state index in [-0.39, 0.29) is 5.91 Å². The molecular weight excluding hydrogens is 266 g/mol. The van der Waals surface area contributed by atoms with Crippen LogP contribution in [0.25, 0.3) is 11.0 Å². The molecule has 0 aliphatic carbocycles. The first-order chi connectivity index (χ1) is 10.1. The number of carbonyl (C=O) groups is 1. The minimum absolute atomic E-state index is 0.118. The molecule has 1 aromatic heterocycles. The fraction of sp³-hybridized carbons (Fsp3) is 0.467. The van der Waals surface area contributed by atoms with Gasteiger partial charge >= 0.3 is 0 Å². The Morgan fingerprint density at radius 3 is 3.00 bits per heavy atom. The van der Waals surface area contributed by atoms with Crippen LogP contribution in [0.4, 0.5) is 0 Å². The Morgan fingerprint density at radius 2 is 2.24 bits per heavy atom. The van der Waals surface area contributed by atoms with Crippen LogP contribution in [0.3, 0.4) is 0 Å². The molecule has 0 saturated carbocycles. The molecule has 2 aromatic rings. The van der Waals surface area contributed by atoms with E-state index in [0.29, 0.717) is 19.5 Å². The van der Waals surface area contributed by atoms with Crippen molar-refractivity contribution in [1.82, 2.24) is 15.3 Å². The average molecular weight is 289 g/mol. The van der Waals surface area contributed by atoms with Gasteiger partial charge in [0.2, 0.25) is 5.91 Å². The second-order valence-electron chi connectivity index (χ2n) is 5.28. The molecule has 6 heteroatoms. The van der Waals surface area contributed by atoms with Crippen LogP contribution in [0, 0.1) is 6.92 Å². The van der Waals surface area contributed by atoms with Crippen molar-refractivity contribution in [2.45, 2.75) is 38.8 Å². The van der Waals surface area contributed by atoms with Gasteiger partial charge in [-0.3, -0.25) is 4.79 Å². The van der Waals surface area contributed by atoms with Gasteiger partial charge in [0.25, 0.3) is 0 Å². The molecule has 1 aromatic carbocycles. The molecule has 2 rings (SSSR count). The highest BCUT2D eigenvalue weighted by Gasteiger charge is 2.12. The molecule has 0 unspecified atom stereocenters. The number of nitrogens with two attached hydrogens (primary N) is 2. The summed E-state index contributed by atoms with van der Waals surface area (Å²) in [5.41, 5.74) is 14.2. The molecule has 0 saturated heterocycles. The summed E-state index contributed by atoms with van der Waals surface area (Å²) in [6.45, 7) is 3.02. The Hall–Kier alpha value is -1.92. The number of aromatic nitrogens is 2. The van der Waals surface area contributed by atoms with E-state index in [2.05, 4.69) is 15.3 Å². The SMILES string of the molecule is Cc1nc2ccc(CNC(=O)[C@@H](N)CCCCN)cc2[nH]1. The summed E-state index contributed by atoms with van der Waals surface area (Å²) in [5, 5.41) is 2.87. The number of amides is 1. The summed E-state index contributed by atoms with van der Waals surface area (Å²) in [4.78, 5) is 19.4. The number of imidazole rings is 1. The van der Waals surface area contributed by atoms with E-state index in [9.17, 15) is 4.79 Å². The van der Waals surface area contributed by atoms with Crippen LogP contribution in [0.15, 0.2) is 18.2 Å². The molecule has 6 nitrogen and oxygen atoms in total. The minimum Gasteiger partial charge on any atom is -0.351 e. The second kappa shape index (κ2) is 7.19.